The van der Waals surface area contributed by atoms with Gasteiger partial charge in [-0.15, -0.1) is 11.8 Å². The number of rotatable bonds is 36. The Hall–Kier alpha value is -6.55. The zero-order valence-corrected chi connectivity index (χ0v) is 45.9. The molecule has 9 unspecified atom stereocenters. The van der Waals surface area contributed by atoms with Gasteiger partial charge in [-0.2, -0.15) is 0 Å². The quantitative estimate of drug-likeness (QED) is 0.0120. The number of nitrogens with two attached hydrogens (primary N) is 5. The largest absolute Gasteiger partial charge is 0.480 e. The van der Waals surface area contributed by atoms with E-state index >= 15 is 0 Å². The summed E-state index contributed by atoms with van der Waals surface area (Å²) in [5, 5.41) is 56.1. The van der Waals surface area contributed by atoms with Crippen LogP contribution in [0.25, 0.3) is 0 Å². The summed E-state index contributed by atoms with van der Waals surface area (Å²) in [6, 6.07) is -9.38. The first kappa shape index (κ1) is 68.6. The number of carboxylic acids is 2. The number of carboxylic acid groups (broad SMARTS) is 2. The van der Waals surface area contributed by atoms with E-state index in [0.717, 1.165) is 23.8 Å². The third kappa shape index (κ3) is 20.6. The number of hydrogen-bond acceptors (Lipinski definition) is 21. The second kappa shape index (κ2) is 32.5. The number of nitrogens with one attached hydrogen (secondary N) is 7. The van der Waals surface area contributed by atoms with E-state index in [0.29, 0.717) is 0 Å². The van der Waals surface area contributed by atoms with Gasteiger partial charge >= 0.3 is 17.9 Å². The minimum Gasteiger partial charge on any atom is -0.480 e. The van der Waals surface area contributed by atoms with Gasteiger partial charge < -0.3 is 95.8 Å². The first-order valence-electron chi connectivity index (χ1n) is 25.5. The summed E-state index contributed by atoms with van der Waals surface area (Å²) >= 11 is 0.981. The minimum atomic E-state index is -1.97. The number of carbonyl (C=O) groups is 12. The molecule has 2 aliphatic heterocycles. The molecule has 0 radical (unpaired) electrons. The Morgan fingerprint density at radius 2 is 1.25 bits per heavy atom. The maximum atomic E-state index is 13.6. The van der Waals surface area contributed by atoms with Gasteiger partial charge in [0.25, 0.3) is 11.6 Å². The Morgan fingerprint density at radius 1 is 0.722 bits per heavy atom. The summed E-state index contributed by atoms with van der Waals surface area (Å²) in [5.74, 6) is -11.8. The van der Waals surface area contributed by atoms with Gasteiger partial charge in [0.05, 0.1) is 43.3 Å². The van der Waals surface area contributed by atoms with E-state index < -0.39 is 174 Å². The molecular formula is C47H79N13O18S. The summed E-state index contributed by atoms with van der Waals surface area (Å²) in [7, 11) is 1.13. The zero-order valence-electron chi connectivity index (χ0n) is 45.1. The lowest BCUT2D eigenvalue weighted by Gasteiger charge is -2.55. The molecule has 0 spiro atoms. The second-order valence-corrected chi connectivity index (χ2v) is 20.8. The molecule has 446 valence electrons. The van der Waals surface area contributed by atoms with E-state index in [2.05, 4.69) is 37.2 Å². The number of thioether (sulfide) groups is 1. The number of methoxy groups -OCH3 is 1. The smallest absolute Gasteiger partial charge is 0.352 e. The van der Waals surface area contributed by atoms with Gasteiger partial charge in [0, 0.05) is 44.4 Å². The summed E-state index contributed by atoms with van der Waals surface area (Å²) in [5.41, 5.74) is 26.0. The lowest BCUT2D eigenvalue weighted by molar-refractivity contribution is -0.192. The van der Waals surface area contributed by atoms with Crippen molar-refractivity contribution in [1.29, 1.82) is 0 Å². The highest BCUT2D eigenvalue weighted by molar-refractivity contribution is 8.00. The maximum absolute atomic E-state index is 13.6. The Bertz CT molecular complexity index is 2260. The van der Waals surface area contributed by atoms with Crippen LogP contribution in [0.5, 0.6) is 0 Å². The normalized spacial score (nSPS) is 19.3. The number of nitrogens with zero attached hydrogens (tertiary/aromatic N) is 1. The third-order valence-corrected chi connectivity index (χ3v) is 13.9. The van der Waals surface area contributed by atoms with Crippen LogP contribution in [0, 0.1) is 11.8 Å². The van der Waals surface area contributed by atoms with Gasteiger partial charge in [-0.1, -0.05) is 27.7 Å². The van der Waals surface area contributed by atoms with Gasteiger partial charge in [0.1, 0.15) is 41.8 Å². The Morgan fingerprint density at radius 3 is 1.73 bits per heavy atom. The minimum absolute atomic E-state index is 0.0149. The number of aliphatic carboxylic acids is 2. The molecule has 1 fully saturated rings. The average molecular weight is 1150 g/mol. The second-order valence-electron chi connectivity index (χ2n) is 19.7. The van der Waals surface area contributed by atoms with Crippen molar-refractivity contribution < 1.29 is 87.4 Å². The first-order chi connectivity index (χ1) is 36.9. The number of aliphatic hydroxyl groups is 2. The van der Waals surface area contributed by atoms with Crippen molar-refractivity contribution in [1.82, 2.24) is 42.1 Å². The summed E-state index contributed by atoms with van der Waals surface area (Å²) in [6.45, 7) is 6.71. The molecule has 0 saturated carbocycles. The summed E-state index contributed by atoms with van der Waals surface area (Å²) < 4.78 is 10.7. The molecule has 31 nitrogen and oxygen atoms in total. The van der Waals surface area contributed by atoms with E-state index in [4.69, 9.17) is 43.2 Å². The van der Waals surface area contributed by atoms with Gasteiger partial charge in [-0.25, -0.2) is 4.79 Å². The lowest BCUT2D eigenvalue weighted by atomic mass is 9.97. The summed E-state index contributed by atoms with van der Waals surface area (Å²) in [6.07, 6.45) is -2.99. The van der Waals surface area contributed by atoms with Crippen molar-refractivity contribution in [3.05, 3.63) is 11.3 Å². The lowest BCUT2D eigenvalue weighted by Crippen LogP contribution is -2.80. The molecule has 0 aromatic carbocycles. The molecule has 1 saturated heterocycles. The summed E-state index contributed by atoms with van der Waals surface area (Å²) in [4.78, 5) is 153. The van der Waals surface area contributed by atoms with E-state index in [1.165, 1.54) is 6.92 Å². The number of primary amides is 1. The highest BCUT2D eigenvalue weighted by atomic mass is 32.2. The number of β-lactam (4-membered cyclic amide) rings is 1. The fraction of sp³-hybridized carbons (Fsp3) is 0.702. The van der Waals surface area contributed by atoms with Crippen LogP contribution in [0.4, 0.5) is 0 Å². The Balaban J connectivity index is 1.94. The van der Waals surface area contributed by atoms with Crippen LogP contribution in [0.1, 0.15) is 92.4 Å². The first-order valence-corrected chi connectivity index (χ1v) is 26.5. The molecule has 21 N–H and O–H groups in total. The fourth-order valence-corrected chi connectivity index (χ4v) is 9.31. The highest BCUT2D eigenvalue weighted by Gasteiger charge is 2.66. The van der Waals surface area contributed by atoms with Gasteiger partial charge in [0.2, 0.25) is 47.3 Å². The molecule has 0 bridgehead atoms. The molecule has 32 heteroatoms. The average Bonchev–Trinajstić information content (AvgIpc) is 3.49. The van der Waals surface area contributed by atoms with Gasteiger partial charge in [-0.3, -0.25) is 57.6 Å². The molecule has 0 aromatic heterocycles. The van der Waals surface area contributed by atoms with E-state index in [1.807, 2.05) is 0 Å². The molecule has 2 aliphatic rings. The van der Waals surface area contributed by atoms with E-state index in [-0.39, 0.29) is 75.3 Å². The molecule has 79 heavy (non-hydrogen) atoms. The number of carbonyl (C=O) groups excluding carboxylic acids is 10. The van der Waals surface area contributed by atoms with E-state index in [9.17, 15) is 72.9 Å². The highest BCUT2D eigenvalue weighted by Crippen LogP contribution is 2.46. The predicted molar refractivity (Wildman–Crippen MR) is 279 cm³/mol. The van der Waals surface area contributed by atoms with E-state index in [1.54, 1.807) is 27.7 Å². The third-order valence-electron chi connectivity index (χ3n) is 12.6. The Kier molecular flexibility index (Phi) is 28.2. The predicted octanol–water partition coefficient (Wildman–Crippen LogP) is -6.51. The van der Waals surface area contributed by atoms with Crippen LogP contribution in [-0.2, 0) is 67.0 Å². The topological polar surface area (TPSA) is 522 Å². The van der Waals surface area contributed by atoms with Crippen LogP contribution in [0.3, 0.4) is 0 Å². The molecule has 0 aliphatic carbocycles. The van der Waals surface area contributed by atoms with Crippen LogP contribution >= 0.6 is 11.8 Å². The number of aliphatic hydroxyl groups excluding tert-OH is 2. The number of amides is 9. The van der Waals surface area contributed by atoms with Crippen molar-refractivity contribution in [2.45, 2.75) is 158 Å². The van der Waals surface area contributed by atoms with Crippen molar-refractivity contribution in [2.24, 2.45) is 40.5 Å². The standard InChI is InChI=1S/C47H79N13O18S/c1-21(2)34(57-38(67)25(49)11-8-14-53-40(69)29(18-61)56-37(66)23(5)48)41(70)54-15-9-12-26(50)39(68)58-35(22(3)4)42(71)55-28(16-31(52)63)30(62)17-33(65)78-19-24-20-79-46-47(77-6,45(76)60(46)36(24)44(74)75)59-32(64)13-7-10-27(51)43(72)73/h21-23,25-30,34-35,46,61-62H,7-20,48-51H2,1-6H3,(H2,52,63)(H,53,69)(H,54,70)(H,55,71)(H,56,66)(H,57,67)(H,58,68)(H,59,64)(H,72,73)(H,74,75)/t23?,25?,26?,27-,28?,29?,30?,34?,35?,46?,47+/m1/s1. The van der Waals surface area contributed by atoms with Crippen molar-refractivity contribution >= 4 is 82.8 Å². The van der Waals surface area contributed by atoms with Crippen LogP contribution < -0.4 is 65.9 Å². The SMILES string of the molecule is CO[C@@]1(NC(=O)CCC[C@@H](N)C(=O)O)C(=O)N2C(C(=O)O)=C(COC(=O)CC(O)C(CC(N)=O)NC(=O)C(NC(=O)C(N)CCCNC(=O)C(NC(=O)C(N)CCCNC(=O)C(CO)NC(=O)C(C)N)C(C)C)C(C)C)CSC21. The van der Waals surface area contributed by atoms with Crippen molar-refractivity contribution in [3.8, 4) is 0 Å². The van der Waals surface area contributed by atoms with Crippen LogP contribution in [0.2, 0.25) is 0 Å². The number of ether oxygens (including phenoxy) is 2. The number of esters is 1. The number of hydrogen-bond donors (Lipinski definition) is 16. The molecule has 11 atom stereocenters. The molecule has 2 rings (SSSR count). The van der Waals surface area contributed by atoms with Gasteiger partial charge in [-0.05, 0) is 57.3 Å². The number of fused-ring (bicyclic) bond motifs is 1. The Labute approximate surface area is 460 Å². The van der Waals surface area contributed by atoms with Crippen molar-refractivity contribution in [2.75, 3.05) is 39.2 Å². The fourth-order valence-electron chi connectivity index (χ4n) is 7.89. The monoisotopic (exact) mass is 1150 g/mol. The maximum Gasteiger partial charge on any atom is 0.352 e. The van der Waals surface area contributed by atoms with Crippen molar-refractivity contribution in [3.63, 3.8) is 0 Å². The van der Waals surface area contributed by atoms with Crippen LogP contribution in [-0.4, -0.2) is 201 Å². The molecule has 9 amide bonds. The molecule has 0 aromatic rings. The van der Waals surface area contributed by atoms with Gasteiger partial charge in [0.15, 0.2) is 0 Å². The zero-order chi connectivity index (χ0) is 60.1. The van der Waals surface area contributed by atoms with Crippen LogP contribution in [0.15, 0.2) is 11.3 Å². The molecular weight excluding hydrogens is 1070 g/mol. The molecule has 2 heterocycles.